The Labute approximate surface area is 128 Å². The summed E-state index contributed by atoms with van der Waals surface area (Å²) in [4.78, 5) is 22.8. The second kappa shape index (κ2) is 6.34. The number of hydrogen-bond acceptors (Lipinski definition) is 4. The molecule has 6 heteroatoms. The lowest BCUT2D eigenvalue weighted by atomic mass is 9.88. The van der Waals surface area contributed by atoms with Gasteiger partial charge >= 0.3 is 12.1 Å². The average molecular weight is 310 g/mol. The van der Waals surface area contributed by atoms with E-state index in [0.717, 1.165) is 43.9 Å². The Morgan fingerprint density at radius 3 is 2.45 bits per heavy atom. The van der Waals surface area contributed by atoms with Crippen molar-refractivity contribution in [1.82, 2.24) is 0 Å². The van der Waals surface area contributed by atoms with Crippen molar-refractivity contribution in [3.63, 3.8) is 0 Å². The number of benzene rings is 1. The maximum absolute atomic E-state index is 13.6. The first kappa shape index (κ1) is 16.3. The van der Waals surface area contributed by atoms with Gasteiger partial charge < -0.3 is 14.6 Å². The summed E-state index contributed by atoms with van der Waals surface area (Å²) < 4.78 is 24.0. The first-order valence-electron chi connectivity index (χ1n) is 7.28. The van der Waals surface area contributed by atoms with Crippen LogP contribution in [0.1, 0.15) is 49.9 Å². The molecule has 0 heterocycles. The molecule has 1 aliphatic rings. The summed E-state index contributed by atoms with van der Waals surface area (Å²) in [5, 5.41) is 8.88. The first-order chi connectivity index (χ1) is 10.3. The molecule has 2 rings (SSSR count). The van der Waals surface area contributed by atoms with Crippen molar-refractivity contribution in [1.29, 1.82) is 0 Å². The smallest absolute Gasteiger partial charge is 0.478 e. The van der Waals surface area contributed by atoms with E-state index < -0.39 is 29.3 Å². The summed E-state index contributed by atoms with van der Waals surface area (Å²) in [6.45, 7) is 3.93. The molecule has 0 spiro atoms. The van der Waals surface area contributed by atoms with Gasteiger partial charge in [-0.25, -0.2) is 14.0 Å². The van der Waals surface area contributed by atoms with Crippen molar-refractivity contribution < 1.29 is 28.6 Å². The van der Waals surface area contributed by atoms with Gasteiger partial charge in [0.15, 0.2) is 11.6 Å². The van der Waals surface area contributed by atoms with E-state index in [2.05, 4.69) is 0 Å². The van der Waals surface area contributed by atoms with Crippen LogP contribution in [0.15, 0.2) is 18.2 Å². The maximum Gasteiger partial charge on any atom is 0.514 e. The van der Waals surface area contributed by atoms with E-state index in [1.54, 1.807) is 0 Å². The molecule has 0 unspecified atom stereocenters. The highest BCUT2D eigenvalue weighted by molar-refractivity contribution is 5.88. The molecule has 0 aliphatic heterocycles. The summed E-state index contributed by atoms with van der Waals surface area (Å²) in [5.41, 5.74) is -0.749. The van der Waals surface area contributed by atoms with Gasteiger partial charge in [-0.1, -0.05) is 13.8 Å². The van der Waals surface area contributed by atoms with E-state index in [1.807, 2.05) is 13.8 Å². The van der Waals surface area contributed by atoms with Crippen LogP contribution in [-0.2, 0) is 4.74 Å². The van der Waals surface area contributed by atoms with Gasteiger partial charge in [-0.15, -0.1) is 0 Å². The molecule has 0 amide bonds. The molecule has 0 atom stereocenters. The van der Waals surface area contributed by atoms with Crippen LogP contribution in [0.25, 0.3) is 0 Å². The van der Waals surface area contributed by atoms with Crippen LogP contribution >= 0.6 is 0 Å². The van der Waals surface area contributed by atoms with Gasteiger partial charge in [0.05, 0.1) is 5.56 Å². The van der Waals surface area contributed by atoms with Crippen LogP contribution in [0.5, 0.6) is 5.75 Å². The standard InChI is InChI=1S/C16H19FO5/c1-10(2)16(7-3-4-8-16)22-15(20)21-13-9-11(14(18)19)5-6-12(13)17/h5-6,9-10H,3-4,7-8H2,1-2H3,(H,18,19). The van der Waals surface area contributed by atoms with Crippen molar-refractivity contribution in [2.75, 3.05) is 0 Å². The quantitative estimate of drug-likeness (QED) is 0.672. The number of rotatable bonds is 4. The number of carboxylic acids is 1. The number of halogens is 1. The third-order valence-electron chi connectivity index (χ3n) is 4.16. The molecular weight excluding hydrogens is 291 g/mol. The monoisotopic (exact) mass is 310 g/mol. The van der Waals surface area contributed by atoms with Gasteiger partial charge in [0, 0.05) is 0 Å². The van der Waals surface area contributed by atoms with Crippen molar-refractivity contribution in [2.24, 2.45) is 5.92 Å². The minimum Gasteiger partial charge on any atom is -0.478 e. The summed E-state index contributed by atoms with van der Waals surface area (Å²) >= 11 is 0. The highest BCUT2D eigenvalue weighted by Gasteiger charge is 2.41. The largest absolute Gasteiger partial charge is 0.514 e. The number of carbonyl (C=O) groups is 2. The lowest BCUT2D eigenvalue weighted by Crippen LogP contribution is -2.38. The number of ether oxygens (including phenoxy) is 2. The van der Waals surface area contributed by atoms with Gasteiger partial charge in [-0.05, 0) is 49.8 Å². The van der Waals surface area contributed by atoms with E-state index in [-0.39, 0.29) is 11.5 Å². The molecule has 22 heavy (non-hydrogen) atoms. The molecule has 1 aromatic carbocycles. The van der Waals surface area contributed by atoms with E-state index in [1.165, 1.54) is 0 Å². The van der Waals surface area contributed by atoms with Crippen molar-refractivity contribution in [3.05, 3.63) is 29.6 Å². The van der Waals surface area contributed by atoms with Crippen molar-refractivity contribution in [2.45, 2.75) is 45.1 Å². The SMILES string of the molecule is CC(C)C1(OC(=O)Oc2cc(C(=O)O)ccc2F)CCCC1. The summed E-state index contributed by atoms with van der Waals surface area (Å²) in [6, 6.07) is 3.01. The van der Waals surface area contributed by atoms with E-state index in [4.69, 9.17) is 14.6 Å². The first-order valence-corrected chi connectivity index (χ1v) is 7.28. The number of carbonyl (C=O) groups excluding carboxylic acids is 1. The van der Waals surface area contributed by atoms with E-state index in [0.29, 0.717) is 0 Å². The summed E-state index contributed by atoms with van der Waals surface area (Å²) in [6.07, 6.45) is 2.43. The predicted octanol–water partition coefficient (Wildman–Crippen LogP) is 4.01. The van der Waals surface area contributed by atoms with Crippen LogP contribution in [0.2, 0.25) is 0 Å². The third kappa shape index (κ3) is 3.37. The maximum atomic E-state index is 13.6. The lowest BCUT2D eigenvalue weighted by molar-refractivity contribution is -0.0403. The van der Waals surface area contributed by atoms with E-state index >= 15 is 0 Å². The van der Waals surface area contributed by atoms with Crippen LogP contribution in [-0.4, -0.2) is 22.8 Å². The summed E-state index contributed by atoms with van der Waals surface area (Å²) in [7, 11) is 0. The Hall–Kier alpha value is -2.11. The molecular formula is C16H19FO5. The second-order valence-electron chi connectivity index (χ2n) is 5.83. The highest BCUT2D eigenvalue weighted by atomic mass is 19.1. The molecule has 1 fully saturated rings. The fraction of sp³-hybridized carbons (Fsp3) is 0.500. The van der Waals surface area contributed by atoms with Crippen molar-refractivity contribution in [3.8, 4) is 5.75 Å². The molecule has 1 N–H and O–H groups in total. The molecule has 0 saturated heterocycles. The Bertz CT molecular complexity index is 576. The van der Waals surface area contributed by atoms with Gasteiger partial charge in [-0.3, -0.25) is 0 Å². The van der Waals surface area contributed by atoms with Crippen LogP contribution < -0.4 is 4.74 Å². The van der Waals surface area contributed by atoms with Gasteiger partial charge in [-0.2, -0.15) is 0 Å². The fourth-order valence-corrected chi connectivity index (χ4v) is 2.76. The Morgan fingerprint density at radius 1 is 1.27 bits per heavy atom. The normalized spacial score (nSPS) is 16.5. The Morgan fingerprint density at radius 2 is 1.91 bits per heavy atom. The Balaban J connectivity index is 2.12. The predicted molar refractivity (Wildman–Crippen MR) is 76.5 cm³/mol. The van der Waals surface area contributed by atoms with Crippen LogP contribution in [0, 0.1) is 11.7 Å². The number of hydrogen-bond donors (Lipinski definition) is 1. The highest BCUT2D eigenvalue weighted by Crippen LogP contribution is 2.39. The van der Waals surface area contributed by atoms with Crippen LogP contribution in [0.4, 0.5) is 9.18 Å². The second-order valence-corrected chi connectivity index (χ2v) is 5.83. The minimum absolute atomic E-state index is 0.123. The van der Waals surface area contributed by atoms with Crippen molar-refractivity contribution >= 4 is 12.1 Å². The van der Waals surface area contributed by atoms with Crippen LogP contribution in [0.3, 0.4) is 0 Å². The molecule has 0 bridgehead atoms. The van der Waals surface area contributed by atoms with Gasteiger partial charge in [0.1, 0.15) is 5.60 Å². The zero-order chi connectivity index (χ0) is 16.3. The van der Waals surface area contributed by atoms with Gasteiger partial charge in [0.2, 0.25) is 0 Å². The molecule has 0 radical (unpaired) electrons. The molecule has 1 saturated carbocycles. The third-order valence-corrected chi connectivity index (χ3v) is 4.16. The van der Waals surface area contributed by atoms with Gasteiger partial charge in [0.25, 0.3) is 0 Å². The molecule has 1 aromatic rings. The summed E-state index contributed by atoms with van der Waals surface area (Å²) in [5.74, 6) is -2.36. The molecule has 120 valence electrons. The average Bonchev–Trinajstić information content (AvgIpc) is 2.90. The Kier molecular flexibility index (Phi) is 4.68. The van der Waals surface area contributed by atoms with E-state index in [9.17, 15) is 14.0 Å². The minimum atomic E-state index is -1.23. The number of aromatic carboxylic acids is 1. The zero-order valence-electron chi connectivity index (χ0n) is 12.6. The fourth-order valence-electron chi connectivity index (χ4n) is 2.76. The topological polar surface area (TPSA) is 72.8 Å². The molecule has 1 aliphatic carbocycles. The molecule has 0 aromatic heterocycles. The zero-order valence-corrected chi connectivity index (χ0v) is 12.6. The number of carboxylic acid groups (broad SMARTS) is 1. The molecule has 5 nitrogen and oxygen atoms in total. The lowest BCUT2D eigenvalue weighted by Gasteiger charge is -2.32.